The van der Waals surface area contributed by atoms with Gasteiger partial charge in [0.15, 0.2) is 5.03 Å². The minimum absolute atomic E-state index is 0.0211. The van der Waals surface area contributed by atoms with Gasteiger partial charge in [-0.05, 0) is 6.42 Å². The highest BCUT2D eigenvalue weighted by molar-refractivity contribution is 7.89. The summed E-state index contributed by atoms with van der Waals surface area (Å²) in [7, 11) is -2.09. The van der Waals surface area contributed by atoms with Crippen molar-refractivity contribution in [3.63, 3.8) is 0 Å². The van der Waals surface area contributed by atoms with Crippen LogP contribution in [0.2, 0.25) is 0 Å². The fourth-order valence-electron chi connectivity index (χ4n) is 2.12. The number of rotatable bonds is 4. The SMILES string of the molecule is COCC(=O)N1CCCN(S(=O)(=O)c2cnc[nH]2)CC1. The van der Waals surface area contributed by atoms with Gasteiger partial charge in [0.1, 0.15) is 6.61 Å². The van der Waals surface area contributed by atoms with Crippen molar-refractivity contribution in [2.45, 2.75) is 11.4 Å². The molecule has 1 aromatic heterocycles. The largest absolute Gasteiger partial charge is 0.375 e. The van der Waals surface area contributed by atoms with Crippen molar-refractivity contribution < 1.29 is 17.9 Å². The van der Waals surface area contributed by atoms with Gasteiger partial charge < -0.3 is 14.6 Å². The molecule has 1 N–H and O–H groups in total. The lowest BCUT2D eigenvalue weighted by molar-refractivity contribution is -0.134. The topological polar surface area (TPSA) is 95.6 Å². The van der Waals surface area contributed by atoms with Crippen LogP contribution < -0.4 is 0 Å². The Morgan fingerprint density at radius 2 is 2.20 bits per heavy atom. The molecule has 0 unspecified atom stereocenters. The number of amides is 1. The zero-order valence-electron chi connectivity index (χ0n) is 11.3. The summed E-state index contributed by atoms with van der Waals surface area (Å²) < 4.78 is 30.8. The molecule has 2 rings (SSSR count). The minimum atomic E-state index is -3.56. The van der Waals surface area contributed by atoms with Gasteiger partial charge in [-0.25, -0.2) is 13.4 Å². The maximum atomic E-state index is 12.3. The van der Waals surface area contributed by atoms with Crippen LogP contribution in [0.3, 0.4) is 0 Å². The summed E-state index contributed by atoms with van der Waals surface area (Å²) in [6, 6.07) is 0. The molecule has 112 valence electrons. The van der Waals surface area contributed by atoms with Gasteiger partial charge in [0.05, 0.1) is 12.5 Å². The standard InChI is InChI=1S/C11H18N4O4S/c1-19-8-11(16)14-3-2-4-15(6-5-14)20(17,18)10-7-12-9-13-10/h7,9H,2-6,8H2,1H3,(H,12,13). The van der Waals surface area contributed by atoms with Crippen LogP contribution in [0, 0.1) is 0 Å². The van der Waals surface area contributed by atoms with Crippen LogP contribution in [0.5, 0.6) is 0 Å². The van der Waals surface area contributed by atoms with E-state index in [1.54, 1.807) is 4.90 Å². The third-order valence-electron chi connectivity index (χ3n) is 3.17. The lowest BCUT2D eigenvalue weighted by atomic mass is 10.4. The Balaban J connectivity index is 2.05. The summed E-state index contributed by atoms with van der Waals surface area (Å²) >= 11 is 0. The number of hydrogen-bond acceptors (Lipinski definition) is 5. The molecule has 1 aliphatic heterocycles. The first-order valence-corrected chi connectivity index (χ1v) is 7.75. The molecule has 1 aliphatic rings. The molecule has 1 amide bonds. The number of nitrogens with zero attached hydrogens (tertiary/aromatic N) is 3. The minimum Gasteiger partial charge on any atom is -0.375 e. The molecular weight excluding hydrogens is 284 g/mol. The van der Waals surface area contributed by atoms with E-state index in [9.17, 15) is 13.2 Å². The number of ether oxygens (including phenoxy) is 1. The Kier molecular flexibility index (Phi) is 4.73. The van der Waals surface area contributed by atoms with E-state index in [1.807, 2.05) is 0 Å². The van der Waals surface area contributed by atoms with Gasteiger partial charge in [-0.15, -0.1) is 0 Å². The molecule has 0 aromatic carbocycles. The molecule has 0 spiro atoms. The monoisotopic (exact) mass is 302 g/mol. The molecule has 0 atom stereocenters. The summed E-state index contributed by atoms with van der Waals surface area (Å²) in [5.41, 5.74) is 0. The third-order valence-corrected chi connectivity index (χ3v) is 4.99. The molecule has 2 heterocycles. The van der Waals surface area contributed by atoms with E-state index in [1.165, 1.54) is 23.9 Å². The van der Waals surface area contributed by atoms with Crippen LogP contribution in [0.4, 0.5) is 0 Å². The number of aromatic nitrogens is 2. The van der Waals surface area contributed by atoms with E-state index in [2.05, 4.69) is 9.97 Å². The number of methoxy groups -OCH3 is 1. The fraction of sp³-hybridized carbons (Fsp3) is 0.636. The number of hydrogen-bond donors (Lipinski definition) is 1. The van der Waals surface area contributed by atoms with Crippen molar-refractivity contribution in [2.75, 3.05) is 39.9 Å². The lowest BCUT2D eigenvalue weighted by Crippen LogP contribution is -2.38. The normalized spacial score (nSPS) is 17.9. The average molecular weight is 302 g/mol. The van der Waals surface area contributed by atoms with Crippen LogP contribution in [-0.4, -0.2) is 73.4 Å². The fourth-order valence-corrected chi connectivity index (χ4v) is 3.49. The van der Waals surface area contributed by atoms with Crippen molar-refractivity contribution in [1.29, 1.82) is 0 Å². The van der Waals surface area contributed by atoms with Gasteiger partial charge in [-0.2, -0.15) is 4.31 Å². The van der Waals surface area contributed by atoms with Crippen LogP contribution in [-0.2, 0) is 19.6 Å². The second-order valence-electron chi connectivity index (χ2n) is 4.49. The summed E-state index contributed by atoms with van der Waals surface area (Å²) in [6.07, 6.45) is 3.22. The molecule has 0 aliphatic carbocycles. The second kappa shape index (κ2) is 6.33. The quantitative estimate of drug-likeness (QED) is 0.792. The van der Waals surface area contributed by atoms with Crippen LogP contribution in [0.15, 0.2) is 17.6 Å². The molecule has 0 bridgehead atoms. The first-order chi connectivity index (χ1) is 9.55. The van der Waals surface area contributed by atoms with E-state index in [-0.39, 0.29) is 24.1 Å². The molecule has 9 heteroatoms. The van der Waals surface area contributed by atoms with Gasteiger partial charge >= 0.3 is 0 Å². The van der Waals surface area contributed by atoms with Gasteiger partial charge in [0, 0.05) is 33.3 Å². The molecular formula is C11H18N4O4S. The van der Waals surface area contributed by atoms with Crippen LogP contribution in [0.25, 0.3) is 0 Å². The van der Waals surface area contributed by atoms with Crippen molar-refractivity contribution >= 4 is 15.9 Å². The predicted molar refractivity (Wildman–Crippen MR) is 70.4 cm³/mol. The average Bonchev–Trinajstić information content (AvgIpc) is 2.84. The summed E-state index contributed by atoms with van der Waals surface area (Å²) in [5.74, 6) is -0.117. The number of H-pyrrole nitrogens is 1. The molecule has 1 saturated heterocycles. The molecule has 8 nitrogen and oxygen atoms in total. The highest BCUT2D eigenvalue weighted by Crippen LogP contribution is 2.15. The highest BCUT2D eigenvalue weighted by Gasteiger charge is 2.28. The number of sulfonamides is 1. The summed E-state index contributed by atoms with van der Waals surface area (Å²) in [4.78, 5) is 19.7. The third kappa shape index (κ3) is 3.17. The van der Waals surface area contributed by atoms with Crippen molar-refractivity contribution in [1.82, 2.24) is 19.2 Å². The van der Waals surface area contributed by atoms with Crippen LogP contribution in [0.1, 0.15) is 6.42 Å². The highest BCUT2D eigenvalue weighted by atomic mass is 32.2. The Morgan fingerprint density at radius 1 is 1.40 bits per heavy atom. The molecule has 1 fully saturated rings. The maximum absolute atomic E-state index is 12.3. The van der Waals surface area contributed by atoms with E-state index < -0.39 is 10.0 Å². The molecule has 0 saturated carbocycles. The molecule has 1 aromatic rings. The maximum Gasteiger partial charge on any atom is 0.260 e. The van der Waals surface area contributed by atoms with Crippen molar-refractivity contribution in [3.8, 4) is 0 Å². The number of imidazole rings is 1. The molecule has 0 radical (unpaired) electrons. The summed E-state index contributed by atoms with van der Waals surface area (Å²) in [6.45, 7) is 1.59. The van der Waals surface area contributed by atoms with E-state index >= 15 is 0 Å². The second-order valence-corrected chi connectivity index (χ2v) is 6.39. The van der Waals surface area contributed by atoms with Gasteiger partial charge in [0.2, 0.25) is 5.91 Å². The van der Waals surface area contributed by atoms with E-state index in [4.69, 9.17) is 4.74 Å². The van der Waals surface area contributed by atoms with Crippen LogP contribution >= 0.6 is 0 Å². The van der Waals surface area contributed by atoms with Gasteiger partial charge in [-0.1, -0.05) is 0 Å². The zero-order chi connectivity index (χ0) is 14.6. The van der Waals surface area contributed by atoms with Gasteiger partial charge in [-0.3, -0.25) is 4.79 Å². The van der Waals surface area contributed by atoms with Crippen molar-refractivity contribution in [3.05, 3.63) is 12.5 Å². The zero-order valence-corrected chi connectivity index (χ0v) is 12.1. The van der Waals surface area contributed by atoms with Crippen molar-refractivity contribution in [2.24, 2.45) is 0 Å². The predicted octanol–water partition coefficient (Wildman–Crippen LogP) is -0.721. The lowest BCUT2D eigenvalue weighted by Gasteiger charge is -2.21. The number of aromatic amines is 1. The Labute approximate surface area is 117 Å². The van der Waals surface area contributed by atoms with E-state index in [0.717, 1.165) is 0 Å². The number of nitrogens with one attached hydrogen (secondary N) is 1. The summed E-state index contributed by atoms with van der Waals surface area (Å²) in [5, 5.41) is 0.0779. The smallest absolute Gasteiger partial charge is 0.260 e. The number of carbonyl (C=O) groups is 1. The van der Waals surface area contributed by atoms with Gasteiger partial charge in [0.25, 0.3) is 10.0 Å². The first kappa shape index (κ1) is 14.9. The number of carbonyl (C=O) groups excluding carboxylic acids is 1. The Hall–Kier alpha value is -1.45. The Bertz CT molecular complexity index is 543. The van der Waals surface area contributed by atoms with E-state index in [0.29, 0.717) is 26.1 Å². The first-order valence-electron chi connectivity index (χ1n) is 6.31. The molecule has 20 heavy (non-hydrogen) atoms. The Morgan fingerprint density at radius 3 is 2.85 bits per heavy atom.